The molecule has 3 aromatic rings. The quantitative estimate of drug-likeness (QED) is 0.728. The van der Waals surface area contributed by atoms with Gasteiger partial charge in [0.2, 0.25) is 5.91 Å². The Morgan fingerprint density at radius 3 is 2.72 bits per heavy atom. The summed E-state index contributed by atoms with van der Waals surface area (Å²) in [6, 6.07) is 15.2. The standard InChI is InChI=1S/C23H24N4O2/c28-21-15-20(18-10-12-24-13-11-18)25-23(26-21)19-7-4-14-27(16-19)22(29)9-8-17-5-2-1-3-6-17/h1-3,5-6,10-13,15,19H,4,7-9,14,16H2,(H,25,26,28)/t19-/m0/s1. The number of nitrogens with one attached hydrogen (secondary N) is 1. The predicted octanol–water partition coefficient (Wildman–Crippen LogP) is 3.17. The fourth-order valence-electron chi connectivity index (χ4n) is 3.82. The van der Waals surface area contributed by atoms with Crippen LogP contribution in [0.5, 0.6) is 0 Å². The summed E-state index contributed by atoms with van der Waals surface area (Å²) in [6.07, 6.45) is 6.43. The van der Waals surface area contributed by atoms with E-state index in [1.165, 1.54) is 11.6 Å². The third-order valence-electron chi connectivity index (χ3n) is 5.37. The van der Waals surface area contributed by atoms with E-state index in [-0.39, 0.29) is 17.4 Å². The molecule has 1 N–H and O–H groups in total. The van der Waals surface area contributed by atoms with Gasteiger partial charge in [0.1, 0.15) is 5.82 Å². The molecule has 2 aromatic heterocycles. The molecule has 0 spiro atoms. The Labute approximate surface area is 169 Å². The second-order valence-corrected chi connectivity index (χ2v) is 7.42. The van der Waals surface area contributed by atoms with Crippen LogP contribution in [0.3, 0.4) is 0 Å². The van der Waals surface area contributed by atoms with E-state index >= 15 is 0 Å². The molecule has 148 valence electrons. The highest BCUT2D eigenvalue weighted by molar-refractivity contribution is 5.76. The number of rotatable bonds is 5. The van der Waals surface area contributed by atoms with Gasteiger partial charge in [-0.1, -0.05) is 30.3 Å². The number of carbonyl (C=O) groups excluding carboxylic acids is 1. The van der Waals surface area contributed by atoms with Gasteiger partial charge in [-0.2, -0.15) is 0 Å². The lowest BCUT2D eigenvalue weighted by molar-refractivity contribution is -0.132. The maximum absolute atomic E-state index is 12.7. The fourth-order valence-corrected chi connectivity index (χ4v) is 3.82. The van der Waals surface area contributed by atoms with Gasteiger partial charge in [0, 0.05) is 49.5 Å². The molecule has 0 radical (unpaired) electrons. The van der Waals surface area contributed by atoms with Crippen molar-refractivity contribution < 1.29 is 4.79 Å². The SMILES string of the molecule is O=C(CCc1ccccc1)N1CCC[C@H](c2nc(-c3ccncc3)cc(=O)[nH]2)C1. The predicted molar refractivity (Wildman–Crippen MR) is 111 cm³/mol. The van der Waals surface area contributed by atoms with Gasteiger partial charge >= 0.3 is 0 Å². The molecule has 3 heterocycles. The minimum atomic E-state index is -0.172. The molecule has 4 rings (SSSR count). The van der Waals surface area contributed by atoms with Gasteiger partial charge in [0.15, 0.2) is 0 Å². The van der Waals surface area contributed by atoms with Crippen molar-refractivity contribution in [1.29, 1.82) is 0 Å². The number of amides is 1. The average Bonchev–Trinajstić information content (AvgIpc) is 2.78. The van der Waals surface area contributed by atoms with Crippen LogP contribution in [0.15, 0.2) is 65.7 Å². The highest BCUT2D eigenvalue weighted by Gasteiger charge is 2.26. The third kappa shape index (κ3) is 4.77. The van der Waals surface area contributed by atoms with Crippen LogP contribution in [0.25, 0.3) is 11.3 Å². The van der Waals surface area contributed by atoms with Crippen molar-refractivity contribution in [2.24, 2.45) is 0 Å². The first-order valence-corrected chi connectivity index (χ1v) is 10.0. The van der Waals surface area contributed by atoms with Crippen LogP contribution in [0.4, 0.5) is 0 Å². The number of hydrogen-bond acceptors (Lipinski definition) is 4. The zero-order valence-corrected chi connectivity index (χ0v) is 16.3. The van der Waals surface area contributed by atoms with E-state index in [0.717, 1.165) is 31.4 Å². The highest BCUT2D eigenvalue weighted by atomic mass is 16.2. The second kappa shape index (κ2) is 8.82. The molecular formula is C23H24N4O2. The minimum absolute atomic E-state index is 0.0407. The smallest absolute Gasteiger partial charge is 0.251 e. The number of aryl methyl sites for hydroxylation is 1. The van der Waals surface area contributed by atoms with Gasteiger partial charge in [-0.15, -0.1) is 0 Å². The maximum Gasteiger partial charge on any atom is 0.251 e. The number of aromatic amines is 1. The number of pyridine rings is 1. The topological polar surface area (TPSA) is 79.0 Å². The number of likely N-dealkylation sites (tertiary alicyclic amines) is 1. The zero-order chi connectivity index (χ0) is 20.1. The van der Waals surface area contributed by atoms with Crippen molar-refractivity contribution in [1.82, 2.24) is 19.9 Å². The van der Waals surface area contributed by atoms with E-state index in [1.54, 1.807) is 12.4 Å². The van der Waals surface area contributed by atoms with E-state index in [1.807, 2.05) is 47.4 Å². The Bertz CT molecular complexity index is 1020. The van der Waals surface area contributed by atoms with Crippen LogP contribution in [0.1, 0.15) is 36.6 Å². The summed E-state index contributed by atoms with van der Waals surface area (Å²) in [4.78, 5) is 38.4. The fraction of sp³-hybridized carbons (Fsp3) is 0.304. The number of H-pyrrole nitrogens is 1. The Morgan fingerprint density at radius 1 is 1.14 bits per heavy atom. The van der Waals surface area contributed by atoms with Crippen molar-refractivity contribution in [3.05, 3.63) is 82.7 Å². The summed E-state index contributed by atoms with van der Waals surface area (Å²) in [5, 5.41) is 0. The van der Waals surface area contributed by atoms with Crippen LogP contribution >= 0.6 is 0 Å². The molecule has 1 aliphatic heterocycles. The van der Waals surface area contributed by atoms with E-state index in [4.69, 9.17) is 4.98 Å². The molecule has 6 nitrogen and oxygen atoms in total. The Hall–Kier alpha value is -3.28. The normalized spacial score (nSPS) is 16.6. The number of nitrogens with zero attached hydrogens (tertiary/aromatic N) is 3. The van der Waals surface area contributed by atoms with Crippen molar-refractivity contribution in [3.63, 3.8) is 0 Å². The maximum atomic E-state index is 12.7. The van der Waals surface area contributed by atoms with Crippen molar-refractivity contribution >= 4 is 5.91 Å². The zero-order valence-electron chi connectivity index (χ0n) is 16.3. The van der Waals surface area contributed by atoms with E-state index in [2.05, 4.69) is 9.97 Å². The minimum Gasteiger partial charge on any atom is -0.342 e. The van der Waals surface area contributed by atoms with Gasteiger partial charge in [-0.25, -0.2) is 4.98 Å². The molecule has 1 atom stereocenters. The van der Waals surface area contributed by atoms with Crippen LogP contribution in [0.2, 0.25) is 0 Å². The number of hydrogen-bond donors (Lipinski definition) is 1. The summed E-state index contributed by atoms with van der Waals surface area (Å²) in [7, 11) is 0. The lowest BCUT2D eigenvalue weighted by Crippen LogP contribution is -2.40. The molecular weight excluding hydrogens is 364 g/mol. The van der Waals surface area contributed by atoms with Crippen LogP contribution in [0, 0.1) is 0 Å². The molecule has 29 heavy (non-hydrogen) atoms. The molecule has 0 bridgehead atoms. The molecule has 0 saturated carbocycles. The van der Waals surface area contributed by atoms with Crippen molar-refractivity contribution in [3.8, 4) is 11.3 Å². The number of carbonyl (C=O) groups is 1. The van der Waals surface area contributed by atoms with Crippen molar-refractivity contribution in [2.75, 3.05) is 13.1 Å². The number of benzene rings is 1. The summed E-state index contributed by atoms with van der Waals surface area (Å²) >= 11 is 0. The summed E-state index contributed by atoms with van der Waals surface area (Å²) in [5.41, 5.74) is 2.50. The van der Waals surface area contributed by atoms with Crippen LogP contribution in [-0.2, 0) is 11.2 Å². The highest BCUT2D eigenvalue weighted by Crippen LogP contribution is 2.26. The van der Waals surface area contributed by atoms with Gasteiger partial charge in [0.25, 0.3) is 5.56 Å². The molecule has 0 unspecified atom stereocenters. The monoisotopic (exact) mass is 388 g/mol. The lowest BCUT2D eigenvalue weighted by Gasteiger charge is -2.32. The van der Waals surface area contributed by atoms with Gasteiger partial charge in [0.05, 0.1) is 5.69 Å². The first-order valence-electron chi connectivity index (χ1n) is 10.0. The van der Waals surface area contributed by atoms with Crippen LogP contribution in [-0.4, -0.2) is 38.8 Å². The Balaban J connectivity index is 1.46. The van der Waals surface area contributed by atoms with Gasteiger partial charge < -0.3 is 9.88 Å². The Kier molecular flexibility index (Phi) is 5.79. The third-order valence-corrected chi connectivity index (χ3v) is 5.37. The molecule has 0 aliphatic carbocycles. The van der Waals surface area contributed by atoms with E-state index < -0.39 is 0 Å². The first-order chi connectivity index (χ1) is 14.2. The molecule has 6 heteroatoms. The average molecular weight is 388 g/mol. The first kappa shape index (κ1) is 19.1. The van der Waals surface area contributed by atoms with Gasteiger partial charge in [-0.3, -0.25) is 14.6 Å². The molecule has 1 aromatic carbocycles. The Morgan fingerprint density at radius 2 is 1.93 bits per heavy atom. The van der Waals surface area contributed by atoms with Crippen LogP contribution < -0.4 is 5.56 Å². The largest absolute Gasteiger partial charge is 0.342 e. The number of aromatic nitrogens is 3. The summed E-state index contributed by atoms with van der Waals surface area (Å²) in [5.74, 6) is 0.856. The lowest BCUT2D eigenvalue weighted by atomic mass is 9.96. The molecule has 1 aliphatic rings. The number of piperidine rings is 1. The van der Waals surface area contributed by atoms with E-state index in [0.29, 0.717) is 24.5 Å². The second-order valence-electron chi connectivity index (χ2n) is 7.42. The molecule has 1 saturated heterocycles. The van der Waals surface area contributed by atoms with Gasteiger partial charge in [-0.05, 0) is 37.0 Å². The molecule has 1 amide bonds. The van der Waals surface area contributed by atoms with E-state index in [9.17, 15) is 9.59 Å². The summed E-state index contributed by atoms with van der Waals surface area (Å²) in [6.45, 7) is 1.36. The summed E-state index contributed by atoms with van der Waals surface area (Å²) < 4.78 is 0. The van der Waals surface area contributed by atoms with Crippen molar-refractivity contribution in [2.45, 2.75) is 31.6 Å². The molecule has 1 fully saturated rings.